The van der Waals surface area contributed by atoms with Crippen LogP contribution in [0.15, 0.2) is 42.5 Å². The van der Waals surface area contributed by atoms with E-state index in [-0.39, 0.29) is 24.2 Å². The number of nitrogens with zero attached hydrogens (tertiary/aromatic N) is 1. The lowest BCUT2D eigenvalue weighted by Gasteiger charge is -2.30. The number of sulfone groups is 1. The van der Waals surface area contributed by atoms with Gasteiger partial charge in [0.1, 0.15) is 18.5 Å². The van der Waals surface area contributed by atoms with Crippen LogP contribution in [0, 0.1) is 13.8 Å². The minimum Gasteiger partial charge on any atom is -0.491 e. The van der Waals surface area contributed by atoms with Crippen molar-refractivity contribution >= 4 is 9.84 Å². The highest BCUT2D eigenvalue weighted by atomic mass is 32.2. The van der Waals surface area contributed by atoms with Gasteiger partial charge in [-0.3, -0.25) is 4.90 Å². The fraction of sp³-hybridized carbons (Fsp3) is 0.520. The largest absolute Gasteiger partial charge is 0.491 e. The molecule has 2 unspecified atom stereocenters. The van der Waals surface area contributed by atoms with Crippen molar-refractivity contribution in [3.63, 3.8) is 0 Å². The number of aliphatic hydroxyl groups excluding tert-OH is 1. The van der Waals surface area contributed by atoms with E-state index in [0.29, 0.717) is 25.4 Å². The lowest BCUT2D eigenvalue weighted by atomic mass is 10.0. The van der Waals surface area contributed by atoms with Gasteiger partial charge in [-0.25, -0.2) is 8.42 Å². The first-order valence-electron chi connectivity index (χ1n) is 11.0. The van der Waals surface area contributed by atoms with Crippen LogP contribution in [0.1, 0.15) is 48.4 Å². The van der Waals surface area contributed by atoms with Gasteiger partial charge in [-0.2, -0.15) is 0 Å². The minimum atomic E-state index is -3.01. The molecule has 6 heteroatoms. The Kier molecular flexibility index (Phi) is 7.78. The number of hydrogen-bond donors (Lipinski definition) is 1. The number of aryl methyl sites for hydroxylation is 2. The molecule has 0 bridgehead atoms. The summed E-state index contributed by atoms with van der Waals surface area (Å²) in [5.74, 6) is 1.58. The lowest BCUT2D eigenvalue weighted by molar-refractivity contribution is 0.0524. The molecule has 0 aliphatic carbocycles. The van der Waals surface area contributed by atoms with Crippen molar-refractivity contribution in [2.75, 3.05) is 24.7 Å². The van der Waals surface area contributed by atoms with Gasteiger partial charge in [0.05, 0.1) is 11.5 Å². The molecule has 1 N–H and O–H groups in total. The van der Waals surface area contributed by atoms with Crippen LogP contribution in [0.5, 0.6) is 5.75 Å². The van der Waals surface area contributed by atoms with Gasteiger partial charge in [0.15, 0.2) is 9.84 Å². The van der Waals surface area contributed by atoms with Crippen molar-refractivity contribution in [1.29, 1.82) is 0 Å². The summed E-state index contributed by atoms with van der Waals surface area (Å²) in [6, 6.07) is 14.3. The first-order valence-corrected chi connectivity index (χ1v) is 12.9. The molecule has 1 saturated heterocycles. The fourth-order valence-electron chi connectivity index (χ4n) is 3.97. The second-order valence-electron chi connectivity index (χ2n) is 9.09. The van der Waals surface area contributed by atoms with Crippen molar-refractivity contribution in [1.82, 2.24) is 4.90 Å². The van der Waals surface area contributed by atoms with Crippen molar-refractivity contribution < 1.29 is 18.3 Å². The quantitative estimate of drug-likeness (QED) is 0.635. The van der Waals surface area contributed by atoms with E-state index in [4.69, 9.17) is 4.74 Å². The van der Waals surface area contributed by atoms with E-state index in [0.717, 1.165) is 16.9 Å². The highest BCUT2D eigenvalue weighted by Crippen LogP contribution is 2.22. The molecule has 0 amide bonds. The monoisotopic (exact) mass is 445 g/mol. The summed E-state index contributed by atoms with van der Waals surface area (Å²) in [7, 11) is -3.01. The van der Waals surface area contributed by atoms with Crippen molar-refractivity contribution in [3.8, 4) is 5.75 Å². The van der Waals surface area contributed by atoms with Crippen molar-refractivity contribution in [3.05, 3.63) is 64.7 Å². The van der Waals surface area contributed by atoms with Crippen LogP contribution < -0.4 is 4.74 Å². The van der Waals surface area contributed by atoms with E-state index >= 15 is 0 Å². The van der Waals surface area contributed by atoms with E-state index in [2.05, 4.69) is 49.9 Å². The fourth-order valence-corrected chi connectivity index (χ4v) is 5.73. The lowest BCUT2D eigenvalue weighted by Crippen LogP contribution is -2.42. The first-order chi connectivity index (χ1) is 14.6. The third-order valence-electron chi connectivity index (χ3n) is 6.12. The van der Waals surface area contributed by atoms with Crippen LogP contribution in [-0.4, -0.2) is 55.2 Å². The third kappa shape index (κ3) is 6.79. The molecule has 1 aliphatic heterocycles. The minimum absolute atomic E-state index is 0.0777. The second kappa shape index (κ2) is 10.2. The Morgan fingerprint density at radius 1 is 1.10 bits per heavy atom. The molecule has 0 saturated carbocycles. The Bertz CT molecular complexity index is 970. The molecule has 1 fully saturated rings. The van der Waals surface area contributed by atoms with E-state index in [1.165, 1.54) is 11.1 Å². The Morgan fingerprint density at radius 3 is 2.39 bits per heavy atom. The van der Waals surface area contributed by atoms with Crippen LogP contribution in [0.25, 0.3) is 0 Å². The van der Waals surface area contributed by atoms with Gasteiger partial charge < -0.3 is 9.84 Å². The van der Waals surface area contributed by atoms with Crippen molar-refractivity contribution in [2.45, 2.75) is 58.7 Å². The third-order valence-corrected chi connectivity index (χ3v) is 7.87. The molecule has 2 atom stereocenters. The highest BCUT2D eigenvalue weighted by molar-refractivity contribution is 7.91. The van der Waals surface area contributed by atoms with E-state index in [9.17, 15) is 13.5 Å². The standard InChI is InChI=1S/C25H35NO4S/c1-18(2)22-8-6-21(7-9-22)14-26(23-11-12-31(28,29)17-23)15-24(27)16-30-25-10-5-19(3)20(4)13-25/h5-10,13,18,23-24,27H,11-12,14-17H2,1-4H3. The number of benzene rings is 2. The number of aliphatic hydroxyl groups is 1. The maximum absolute atomic E-state index is 12.1. The summed E-state index contributed by atoms with van der Waals surface area (Å²) in [5.41, 5.74) is 4.75. The van der Waals surface area contributed by atoms with Crippen LogP contribution in [-0.2, 0) is 16.4 Å². The topological polar surface area (TPSA) is 66.8 Å². The molecule has 2 aromatic carbocycles. The molecule has 0 radical (unpaired) electrons. The summed E-state index contributed by atoms with van der Waals surface area (Å²) >= 11 is 0. The average molecular weight is 446 g/mol. The zero-order valence-corrected chi connectivity index (χ0v) is 19.9. The van der Waals surface area contributed by atoms with Gasteiger partial charge in [-0.15, -0.1) is 0 Å². The first kappa shape index (κ1) is 23.8. The maximum Gasteiger partial charge on any atom is 0.151 e. The Morgan fingerprint density at radius 2 is 1.81 bits per heavy atom. The zero-order valence-electron chi connectivity index (χ0n) is 19.0. The molecule has 1 aliphatic rings. The Labute approximate surface area is 187 Å². The zero-order chi connectivity index (χ0) is 22.6. The summed E-state index contributed by atoms with van der Waals surface area (Å²) in [6.45, 7) is 9.56. The van der Waals surface area contributed by atoms with Crippen molar-refractivity contribution in [2.24, 2.45) is 0 Å². The number of hydrogen-bond acceptors (Lipinski definition) is 5. The summed E-state index contributed by atoms with van der Waals surface area (Å²) in [5, 5.41) is 10.7. The maximum atomic E-state index is 12.1. The predicted molar refractivity (Wildman–Crippen MR) is 125 cm³/mol. The summed E-state index contributed by atoms with van der Waals surface area (Å²) in [6.07, 6.45) is -0.100. The smallest absolute Gasteiger partial charge is 0.151 e. The van der Waals surface area contributed by atoms with Crippen LogP contribution in [0.2, 0.25) is 0 Å². The number of ether oxygens (including phenoxy) is 1. The van der Waals surface area contributed by atoms with Gasteiger partial charge in [-0.05, 0) is 60.6 Å². The predicted octanol–water partition coefficient (Wildman–Crippen LogP) is 3.86. The molecule has 0 aromatic heterocycles. The second-order valence-corrected chi connectivity index (χ2v) is 11.3. The Hall–Kier alpha value is -1.89. The van der Waals surface area contributed by atoms with E-state index in [1.807, 2.05) is 25.1 Å². The molecule has 31 heavy (non-hydrogen) atoms. The van der Waals surface area contributed by atoms with Gasteiger partial charge >= 0.3 is 0 Å². The molecular weight excluding hydrogens is 410 g/mol. The van der Waals surface area contributed by atoms with Gasteiger partial charge in [0, 0.05) is 19.1 Å². The molecule has 2 aromatic rings. The molecular formula is C25H35NO4S. The normalized spacial score (nSPS) is 19.1. The number of rotatable bonds is 9. The molecule has 0 spiro atoms. The molecule has 170 valence electrons. The van der Waals surface area contributed by atoms with E-state index < -0.39 is 15.9 Å². The molecule has 1 heterocycles. The molecule has 3 rings (SSSR count). The average Bonchev–Trinajstić information content (AvgIpc) is 3.08. The molecule has 5 nitrogen and oxygen atoms in total. The Balaban J connectivity index is 1.66. The van der Waals surface area contributed by atoms with Crippen LogP contribution in [0.3, 0.4) is 0 Å². The van der Waals surface area contributed by atoms with Crippen LogP contribution >= 0.6 is 0 Å². The SMILES string of the molecule is Cc1ccc(OCC(O)CN(Cc2ccc(C(C)C)cc2)C2CCS(=O)(=O)C2)cc1C. The van der Waals surface area contributed by atoms with Gasteiger partial charge in [0.25, 0.3) is 0 Å². The highest BCUT2D eigenvalue weighted by Gasteiger charge is 2.33. The van der Waals surface area contributed by atoms with Crippen LogP contribution in [0.4, 0.5) is 0 Å². The van der Waals surface area contributed by atoms with Gasteiger partial charge in [-0.1, -0.05) is 44.2 Å². The summed E-state index contributed by atoms with van der Waals surface area (Å²) in [4.78, 5) is 2.10. The van der Waals surface area contributed by atoms with E-state index in [1.54, 1.807) is 0 Å². The summed E-state index contributed by atoms with van der Waals surface area (Å²) < 4.78 is 29.9. The van der Waals surface area contributed by atoms with Gasteiger partial charge in [0.2, 0.25) is 0 Å².